The Kier molecular flexibility index (Phi) is 5.02. The molecular formula is C26H24FN3O. The van der Waals surface area contributed by atoms with Gasteiger partial charge in [0.1, 0.15) is 11.6 Å². The molecule has 1 fully saturated rings. The quantitative estimate of drug-likeness (QED) is 0.445. The highest BCUT2D eigenvalue weighted by atomic mass is 19.1. The summed E-state index contributed by atoms with van der Waals surface area (Å²) in [6.45, 7) is 3.08. The number of benzene rings is 3. The number of rotatable bonds is 5. The fraction of sp³-hybridized carbons (Fsp3) is 0.231. The molecule has 0 saturated carbocycles. The van der Waals surface area contributed by atoms with Gasteiger partial charge in [-0.05, 0) is 42.3 Å². The molecule has 0 bridgehead atoms. The molecule has 0 unspecified atom stereocenters. The van der Waals surface area contributed by atoms with Crippen LogP contribution in [0.25, 0.3) is 11.0 Å². The van der Waals surface area contributed by atoms with Gasteiger partial charge in [-0.25, -0.2) is 9.37 Å². The van der Waals surface area contributed by atoms with Gasteiger partial charge in [-0.15, -0.1) is 0 Å². The number of para-hydroxylation sites is 2. The highest BCUT2D eigenvalue weighted by Gasteiger charge is 2.35. The maximum absolute atomic E-state index is 14.4. The van der Waals surface area contributed by atoms with Gasteiger partial charge in [0.05, 0.1) is 17.6 Å². The molecule has 0 radical (unpaired) electrons. The van der Waals surface area contributed by atoms with Crippen molar-refractivity contribution in [3.05, 3.63) is 95.6 Å². The number of amides is 1. The molecule has 0 spiro atoms. The second kappa shape index (κ2) is 7.99. The average Bonchev–Trinajstić information content (AvgIpc) is 3.36. The van der Waals surface area contributed by atoms with Crippen molar-refractivity contribution in [2.75, 3.05) is 11.4 Å². The normalized spacial score (nSPS) is 16.4. The number of hydrogen-bond acceptors (Lipinski definition) is 2. The first-order valence-corrected chi connectivity index (χ1v) is 10.7. The lowest BCUT2D eigenvalue weighted by Gasteiger charge is -2.18. The monoisotopic (exact) mass is 413 g/mol. The standard InChI is InChI=1S/C26H24FN3O/c1-2-18-11-13-21(14-12-18)29-17-20(15-25(29)31)26-28-23-9-5-6-10-24(23)30(26)16-19-7-3-4-8-22(19)27/h3-14,20H,2,15-17H2,1H3/t20-/m0/s1. The molecular weight excluding hydrogens is 389 g/mol. The predicted molar refractivity (Wildman–Crippen MR) is 121 cm³/mol. The largest absolute Gasteiger partial charge is 0.323 e. The van der Waals surface area contributed by atoms with E-state index in [0.29, 0.717) is 25.1 Å². The molecule has 1 aliphatic rings. The topological polar surface area (TPSA) is 38.1 Å². The number of halogens is 1. The summed E-state index contributed by atoms with van der Waals surface area (Å²) in [5, 5.41) is 0. The van der Waals surface area contributed by atoms with E-state index in [1.165, 1.54) is 11.6 Å². The predicted octanol–water partition coefficient (Wildman–Crippen LogP) is 5.31. The smallest absolute Gasteiger partial charge is 0.227 e. The first-order chi connectivity index (χ1) is 15.1. The minimum Gasteiger partial charge on any atom is -0.323 e. The summed E-state index contributed by atoms with van der Waals surface area (Å²) in [6.07, 6.45) is 1.37. The molecule has 0 N–H and O–H groups in total. The van der Waals surface area contributed by atoms with E-state index in [0.717, 1.165) is 29.0 Å². The van der Waals surface area contributed by atoms with Gasteiger partial charge < -0.3 is 9.47 Å². The minimum absolute atomic E-state index is 0.0440. The van der Waals surface area contributed by atoms with Crippen LogP contribution < -0.4 is 4.90 Å². The van der Waals surface area contributed by atoms with Gasteiger partial charge in [-0.2, -0.15) is 0 Å². The van der Waals surface area contributed by atoms with E-state index in [4.69, 9.17) is 4.98 Å². The van der Waals surface area contributed by atoms with Crippen LogP contribution in [0.4, 0.5) is 10.1 Å². The fourth-order valence-electron chi connectivity index (χ4n) is 4.41. The van der Waals surface area contributed by atoms with Gasteiger partial charge in [0.15, 0.2) is 0 Å². The molecule has 5 heteroatoms. The number of aryl methyl sites for hydroxylation is 1. The van der Waals surface area contributed by atoms with Gasteiger partial charge in [0.25, 0.3) is 0 Å². The summed E-state index contributed by atoms with van der Waals surface area (Å²) in [4.78, 5) is 19.6. The first-order valence-electron chi connectivity index (χ1n) is 10.7. The van der Waals surface area contributed by atoms with Gasteiger partial charge in [0.2, 0.25) is 5.91 Å². The van der Waals surface area contributed by atoms with E-state index in [9.17, 15) is 9.18 Å². The Balaban J connectivity index is 1.51. The van der Waals surface area contributed by atoms with Crippen LogP contribution in [0.2, 0.25) is 0 Å². The molecule has 3 aromatic carbocycles. The highest BCUT2D eigenvalue weighted by molar-refractivity contribution is 5.96. The zero-order valence-corrected chi connectivity index (χ0v) is 17.5. The zero-order valence-electron chi connectivity index (χ0n) is 17.5. The van der Waals surface area contributed by atoms with Crippen molar-refractivity contribution >= 4 is 22.6 Å². The van der Waals surface area contributed by atoms with Crippen LogP contribution >= 0.6 is 0 Å². The maximum Gasteiger partial charge on any atom is 0.227 e. The lowest BCUT2D eigenvalue weighted by Crippen LogP contribution is -2.24. The van der Waals surface area contributed by atoms with Crippen LogP contribution in [0.5, 0.6) is 0 Å². The maximum atomic E-state index is 14.4. The Morgan fingerprint density at radius 3 is 2.52 bits per heavy atom. The second-order valence-electron chi connectivity index (χ2n) is 8.06. The first kappa shape index (κ1) is 19.5. The van der Waals surface area contributed by atoms with Crippen molar-refractivity contribution in [3.63, 3.8) is 0 Å². The van der Waals surface area contributed by atoms with Crippen LogP contribution in [0.1, 0.15) is 36.2 Å². The Labute approximate surface area is 181 Å². The van der Waals surface area contributed by atoms with Gasteiger partial charge in [-0.3, -0.25) is 4.79 Å². The van der Waals surface area contributed by atoms with Crippen molar-refractivity contribution in [1.82, 2.24) is 9.55 Å². The van der Waals surface area contributed by atoms with E-state index in [1.54, 1.807) is 12.1 Å². The molecule has 31 heavy (non-hydrogen) atoms. The zero-order chi connectivity index (χ0) is 21.4. The number of anilines is 1. The number of nitrogens with zero attached hydrogens (tertiary/aromatic N) is 3. The second-order valence-corrected chi connectivity index (χ2v) is 8.06. The summed E-state index contributed by atoms with van der Waals surface area (Å²) in [5.74, 6) is 0.660. The molecule has 4 aromatic rings. The van der Waals surface area contributed by atoms with E-state index in [1.807, 2.05) is 47.4 Å². The fourth-order valence-corrected chi connectivity index (χ4v) is 4.41. The summed E-state index contributed by atoms with van der Waals surface area (Å²) in [5.41, 5.74) is 4.61. The van der Waals surface area contributed by atoms with Crippen LogP contribution in [0.15, 0.2) is 72.8 Å². The van der Waals surface area contributed by atoms with Crippen LogP contribution in [0, 0.1) is 5.82 Å². The molecule has 4 nitrogen and oxygen atoms in total. The van der Waals surface area contributed by atoms with Crippen molar-refractivity contribution in [1.29, 1.82) is 0 Å². The number of carbonyl (C=O) groups excluding carboxylic acids is 1. The van der Waals surface area contributed by atoms with Gasteiger partial charge >= 0.3 is 0 Å². The molecule has 1 saturated heterocycles. The molecule has 5 rings (SSSR count). The van der Waals surface area contributed by atoms with Crippen LogP contribution in [-0.2, 0) is 17.8 Å². The number of aromatic nitrogens is 2. The molecule has 0 aliphatic carbocycles. The summed E-state index contributed by atoms with van der Waals surface area (Å²) < 4.78 is 16.5. The van der Waals surface area contributed by atoms with E-state index in [-0.39, 0.29) is 17.6 Å². The third-order valence-corrected chi connectivity index (χ3v) is 6.12. The van der Waals surface area contributed by atoms with Crippen molar-refractivity contribution in [2.45, 2.75) is 32.2 Å². The summed E-state index contributed by atoms with van der Waals surface area (Å²) in [7, 11) is 0. The Morgan fingerprint density at radius 2 is 1.74 bits per heavy atom. The van der Waals surface area contributed by atoms with E-state index >= 15 is 0 Å². The molecule has 1 amide bonds. The number of fused-ring (bicyclic) bond motifs is 1. The van der Waals surface area contributed by atoms with Crippen molar-refractivity contribution in [3.8, 4) is 0 Å². The number of hydrogen-bond donors (Lipinski definition) is 0. The molecule has 156 valence electrons. The van der Waals surface area contributed by atoms with Gasteiger partial charge in [0, 0.05) is 30.1 Å². The average molecular weight is 413 g/mol. The lowest BCUT2D eigenvalue weighted by atomic mass is 10.1. The SMILES string of the molecule is CCc1ccc(N2C[C@@H](c3nc4ccccc4n3Cc3ccccc3F)CC2=O)cc1. The Bertz CT molecular complexity index is 1250. The number of carbonyl (C=O) groups is 1. The van der Waals surface area contributed by atoms with Gasteiger partial charge in [-0.1, -0.05) is 49.4 Å². The van der Waals surface area contributed by atoms with Crippen molar-refractivity contribution in [2.24, 2.45) is 0 Å². The summed E-state index contributed by atoms with van der Waals surface area (Å²) >= 11 is 0. The van der Waals surface area contributed by atoms with Crippen LogP contribution in [0.3, 0.4) is 0 Å². The highest BCUT2D eigenvalue weighted by Crippen LogP contribution is 2.34. The van der Waals surface area contributed by atoms with E-state index in [2.05, 4.69) is 23.6 Å². The lowest BCUT2D eigenvalue weighted by molar-refractivity contribution is -0.117. The molecule has 1 atom stereocenters. The Morgan fingerprint density at radius 1 is 1.00 bits per heavy atom. The summed E-state index contributed by atoms with van der Waals surface area (Å²) in [6, 6.07) is 22.9. The van der Waals surface area contributed by atoms with Crippen molar-refractivity contribution < 1.29 is 9.18 Å². The molecule has 1 aliphatic heterocycles. The number of imidazole rings is 1. The van der Waals surface area contributed by atoms with Crippen LogP contribution in [-0.4, -0.2) is 22.0 Å². The minimum atomic E-state index is -0.230. The Hall–Kier alpha value is -3.47. The molecule has 1 aromatic heterocycles. The third-order valence-electron chi connectivity index (χ3n) is 6.12. The molecule has 2 heterocycles. The third kappa shape index (κ3) is 3.61. The van der Waals surface area contributed by atoms with E-state index < -0.39 is 0 Å².